The van der Waals surface area contributed by atoms with Crippen LogP contribution in [0, 0.1) is 0 Å². The lowest BCUT2D eigenvalue weighted by Crippen LogP contribution is -2.59. The highest BCUT2D eigenvalue weighted by atomic mass is 16.5. The number of rotatable bonds is 4. The van der Waals surface area contributed by atoms with Crippen LogP contribution >= 0.6 is 0 Å². The molecule has 2 aliphatic rings. The van der Waals surface area contributed by atoms with Crippen LogP contribution in [0.2, 0.25) is 0 Å². The van der Waals surface area contributed by atoms with Crippen molar-refractivity contribution in [2.75, 3.05) is 32.8 Å². The van der Waals surface area contributed by atoms with Crippen LogP contribution in [0.5, 0.6) is 0 Å². The first kappa shape index (κ1) is 15.8. The van der Waals surface area contributed by atoms with Gasteiger partial charge in [-0.05, 0) is 43.7 Å². The molecule has 4 heterocycles. The molecule has 0 unspecified atom stereocenters. The molecule has 1 spiro atoms. The van der Waals surface area contributed by atoms with Crippen LogP contribution in [0.15, 0.2) is 47.2 Å². The lowest BCUT2D eigenvalue weighted by molar-refractivity contribution is -0.143. The SMILES string of the molecule is c1ccc(CN2CCC[C@]3(C2)CN(Cc2ccco2)CCO3)nc1. The van der Waals surface area contributed by atoms with Gasteiger partial charge in [-0.25, -0.2) is 0 Å². The minimum atomic E-state index is -0.0438. The molecular formula is C19H25N3O2. The molecule has 5 heteroatoms. The average molecular weight is 327 g/mol. The molecular weight excluding hydrogens is 302 g/mol. The Labute approximate surface area is 143 Å². The minimum Gasteiger partial charge on any atom is -0.468 e. The van der Waals surface area contributed by atoms with Gasteiger partial charge in [0, 0.05) is 32.4 Å². The predicted molar refractivity (Wildman–Crippen MR) is 91.4 cm³/mol. The molecule has 24 heavy (non-hydrogen) atoms. The summed E-state index contributed by atoms with van der Waals surface area (Å²) in [6, 6.07) is 10.1. The summed E-state index contributed by atoms with van der Waals surface area (Å²) in [5, 5.41) is 0. The minimum absolute atomic E-state index is 0.0438. The van der Waals surface area contributed by atoms with Gasteiger partial charge in [-0.2, -0.15) is 0 Å². The van der Waals surface area contributed by atoms with E-state index in [1.807, 2.05) is 18.3 Å². The van der Waals surface area contributed by atoms with Gasteiger partial charge in [-0.1, -0.05) is 6.07 Å². The van der Waals surface area contributed by atoms with Gasteiger partial charge in [-0.15, -0.1) is 0 Å². The monoisotopic (exact) mass is 327 g/mol. The molecule has 0 aliphatic carbocycles. The maximum absolute atomic E-state index is 6.29. The van der Waals surface area contributed by atoms with Crippen LogP contribution in [-0.2, 0) is 17.8 Å². The zero-order chi connectivity index (χ0) is 16.2. The molecule has 0 N–H and O–H groups in total. The van der Waals surface area contributed by atoms with E-state index in [1.165, 1.54) is 6.42 Å². The Morgan fingerprint density at radius 3 is 2.75 bits per heavy atom. The topological polar surface area (TPSA) is 41.7 Å². The summed E-state index contributed by atoms with van der Waals surface area (Å²) < 4.78 is 11.8. The van der Waals surface area contributed by atoms with E-state index in [2.05, 4.69) is 33.0 Å². The Hall–Kier alpha value is -1.69. The number of nitrogens with zero attached hydrogens (tertiary/aromatic N) is 3. The van der Waals surface area contributed by atoms with E-state index in [9.17, 15) is 0 Å². The van der Waals surface area contributed by atoms with Crippen LogP contribution in [0.25, 0.3) is 0 Å². The van der Waals surface area contributed by atoms with Crippen molar-refractivity contribution in [1.29, 1.82) is 0 Å². The third-order valence-corrected chi connectivity index (χ3v) is 5.02. The van der Waals surface area contributed by atoms with Gasteiger partial charge >= 0.3 is 0 Å². The molecule has 4 rings (SSSR count). The summed E-state index contributed by atoms with van der Waals surface area (Å²) >= 11 is 0. The van der Waals surface area contributed by atoms with Gasteiger partial charge < -0.3 is 9.15 Å². The number of furan rings is 1. The van der Waals surface area contributed by atoms with Crippen LogP contribution in [-0.4, -0.2) is 53.2 Å². The second kappa shape index (κ2) is 7.05. The van der Waals surface area contributed by atoms with Crippen molar-refractivity contribution in [3.8, 4) is 0 Å². The van der Waals surface area contributed by atoms with Crippen molar-refractivity contribution in [3.63, 3.8) is 0 Å². The molecule has 2 fully saturated rings. The van der Waals surface area contributed by atoms with Crippen molar-refractivity contribution in [3.05, 3.63) is 54.2 Å². The van der Waals surface area contributed by atoms with Crippen molar-refractivity contribution < 1.29 is 9.15 Å². The molecule has 0 aromatic carbocycles. The molecule has 5 nitrogen and oxygen atoms in total. The highest BCUT2D eigenvalue weighted by molar-refractivity contribution is 5.05. The Bertz CT molecular complexity index is 627. The Kier molecular flexibility index (Phi) is 4.65. The molecule has 2 aliphatic heterocycles. The summed E-state index contributed by atoms with van der Waals surface area (Å²) in [4.78, 5) is 9.42. The number of hydrogen-bond acceptors (Lipinski definition) is 5. The second-order valence-electron chi connectivity index (χ2n) is 6.96. The molecule has 1 atom stereocenters. The second-order valence-corrected chi connectivity index (χ2v) is 6.96. The highest BCUT2D eigenvalue weighted by Gasteiger charge is 2.40. The third-order valence-electron chi connectivity index (χ3n) is 5.02. The van der Waals surface area contributed by atoms with Crippen molar-refractivity contribution >= 4 is 0 Å². The summed E-state index contributed by atoms with van der Waals surface area (Å²) in [5.41, 5.74) is 1.09. The standard InChI is InChI=1S/C19H25N3O2/c1-2-8-20-17(5-1)13-21-9-4-7-19(15-21)16-22(10-12-24-19)14-18-6-3-11-23-18/h1-3,5-6,8,11H,4,7,9-10,12-16H2/t19-/m0/s1. The maximum atomic E-state index is 6.29. The van der Waals surface area contributed by atoms with E-state index in [4.69, 9.17) is 9.15 Å². The van der Waals surface area contributed by atoms with Crippen molar-refractivity contribution in [1.82, 2.24) is 14.8 Å². The van der Waals surface area contributed by atoms with Crippen molar-refractivity contribution in [2.24, 2.45) is 0 Å². The molecule has 0 bridgehead atoms. The average Bonchev–Trinajstić information content (AvgIpc) is 3.09. The summed E-state index contributed by atoms with van der Waals surface area (Å²) in [6.07, 6.45) is 5.94. The van der Waals surface area contributed by atoms with E-state index in [-0.39, 0.29) is 5.60 Å². The smallest absolute Gasteiger partial charge is 0.117 e. The fourth-order valence-corrected chi connectivity index (χ4v) is 3.97. The Morgan fingerprint density at radius 1 is 1.04 bits per heavy atom. The molecule has 128 valence electrons. The van der Waals surface area contributed by atoms with Gasteiger partial charge in [0.15, 0.2) is 0 Å². The number of piperidine rings is 1. The molecule has 0 saturated carbocycles. The van der Waals surface area contributed by atoms with Gasteiger partial charge in [0.1, 0.15) is 5.76 Å². The summed E-state index contributed by atoms with van der Waals surface area (Å²) in [6.45, 7) is 6.65. The van der Waals surface area contributed by atoms with Gasteiger partial charge in [-0.3, -0.25) is 14.8 Å². The first-order valence-corrected chi connectivity index (χ1v) is 8.82. The van der Waals surface area contributed by atoms with Gasteiger partial charge in [0.25, 0.3) is 0 Å². The zero-order valence-electron chi connectivity index (χ0n) is 14.1. The Morgan fingerprint density at radius 2 is 1.96 bits per heavy atom. The highest BCUT2D eigenvalue weighted by Crippen LogP contribution is 2.30. The van der Waals surface area contributed by atoms with E-state index >= 15 is 0 Å². The number of pyridine rings is 1. The normalized spacial score (nSPS) is 26.0. The number of aromatic nitrogens is 1. The van der Waals surface area contributed by atoms with Crippen LogP contribution in [0.4, 0.5) is 0 Å². The molecule has 0 radical (unpaired) electrons. The van der Waals surface area contributed by atoms with Gasteiger partial charge in [0.2, 0.25) is 0 Å². The van der Waals surface area contributed by atoms with E-state index in [0.29, 0.717) is 0 Å². The first-order chi connectivity index (χ1) is 11.8. The van der Waals surface area contributed by atoms with Crippen LogP contribution in [0.3, 0.4) is 0 Å². The van der Waals surface area contributed by atoms with Crippen LogP contribution in [0.1, 0.15) is 24.3 Å². The first-order valence-electron chi connectivity index (χ1n) is 8.82. The quantitative estimate of drug-likeness (QED) is 0.863. The van der Waals surface area contributed by atoms with E-state index in [0.717, 1.165) is 63.8 Å². The van der Waals surface area contributed by atoms with E-state index < -0.39 is 0 Å². The summed E-state index contributed by atoms with van der Waals surface area (Å²) in [7, 11) is 0. The van der Waals surface area contributed by atoms with E-state index in [1.54, 1.807) is 6.26 Å². The zero-order valence-corrected chi connectivity index (χ0v) is 14.1. The fourth-order valence-electron chi connectivity index (χ4n) is 3.97. The lowest BCUT2D eigenvalue weighted by Gasteiger charge is -2.48. The number of morpholine rings is 1. The molecule has 2 saturated heterocycles. The number of ether oxygens (including phenoxy) is 1. The maximum Gasteiger partial charge on any atom is 0.117 e. The van der Waals surface area contributed by atoms with Crippen molar-refractivity contribution in [2.45, 2.75) is 31.5 Å². The number of hydrogen-bond donors (Lipinski definition) is 0. The third kappa shape index (κ3) is 3.69. The molecule has 2 aromatic rings. The fraction of sp³-hybridized carbons (Fsp3) is 0.526. The number of likely N-dealkylation sites (tertiary alicyclic amines) is 1. The Balaban J connectivity index is 1.40. The molecule has 0 amide bonds. The van der Waals surface area contributed by atoms with Crippen LogP contribution < -0.4 is 0 Å². The lowest BCUT2D eigenvalue weighted by atomic mass is 9.90. The largest absolute Gasteiger partial charge is 0.468 e. The summed E-state index contributed by atoms with van der Waals surface area (Å²) in [5.74, 6) is 1.04. The molecule has 2 aromatic heterocycles. The van der Waals surface area contributed by atoms with Gasteiger partial charge in [0.05, 0.1) is 30.7 Å². The predicted octanol–water partition coefficient (Wildman–Crippen LogP) is 2.54.